The van der Waals surface area contributed by atoms with E-state index in [1.807, 2.05) is 19.9 Å². The maximum atomic E-state index is 14.2. The number of halogens is 1. The molecule has 0 amide bonds. The molecule has 2 rings (SSSR count). The lowest BCUT2D eigenvalue weighted by Crippen LogP contribution is -2.51. The van der Waals surface area contributed by atoms with E-state index in [0.29, 0.717) is 37.4 Å². The minimum absolute atomic E-state index is 0.307. The summed E-state index contributed by atoms with van der Waals surface area (Å²) < 4.78 is 19.7. The summed E-state index contributed by atoms with van der Waals surface area (Å²) in [7, 11) is 4.35. The van der Waals surface area contributed by atoms with Crippen LogP contribution in [-0.2, 0) is 9.89 Å². The maximum Gasteiger partial charge on any atom is 0.160 e. The highest BCUT2D eigenvalue weighted by atomic mass is 31.1. The summed E-state index contributed by atoms with van der Waals surface area (Å²) >= 11 is 0. The Morgan fingerprint density at radius 2 is 1.92 bits per heavy atom. The molecule has 1 fully saturated rings. The van der Waals surface area contributed by atoms with Crippen molar-refractivity contribution in [2.24, 2.45) is 5.10 Å². The zero-order valence-corrected chi connectivity index (χ0v) is 18.6. The summed E-state index contributed by atoms with van der Waals surface area (Å²) in [5, 5.41) is 4.18. The third-order valence-electron chi connectivity index (χ3n) is 4.19. The molecule has 1 heterocycles. The van der Waals surface area contributed by atoms with Crippen LogP contribution in [0.15, 0.2) is 41.6 Å². The molecule has 0 bridgehead atoms. The van der Waals surface area contributed by atoms with Gasteiger partial charge in [-0.1, -0.05) is 51.0 Å². The lowest BCUT2D eigenvalue weighted by Gasteiger charge is -2.40. The lowest BCUT2D eigenvalue weighted by atomic mass is 10.1. The van der Waals surface area contributed by atoms with Crippen LogP contribution in [0.3, 0.4) is 0 Å². The minimum atomic E-state index is -1.57. The van der Waals surface area contributed by atoms with Gasteiger partial charge in [0.05, 0.1) is 18.9 Å². The Bertz CT molecular complexity index is 597. The number of ether oxygens (including phenoxy) is 1. The molecule has 4 atom stereocenters. The zero-order chi connectivity index (χ0) is 19.9. The Labute approximate surface area is 162 Å². The SMILES string of the molecule is C=NN(C(=C)CN1C(C)COCC1C)c1cccc(C(F)(P)P)c1.CC. The van der Waals surface area contributed by atoms with Crippen LogP contribution in [0.1, 0.15) is 33.3 Å². The topological polar surface area (TPSA) is 28.1 Å². The molecule has 1 aliphatic rings. The fourth-order valence-electron chi connectivity index (χ4n) is 2.86. The lowest BCUT2D eigenvalue weighted by molar-refractivity contribution is -0.0320. The van der Waals surface area contributed by atoms with Crippen molar-refractivity contribution >= 4 is 30.9 Å². The normalized spacial score (nSPS) is 20.7. The van der Waals surface area contributed by atoms with Crippen LogP contribution < -0.4 is 5.01 Å². The van der Waals surface area contributed by atoms with Crippen LogP contribution in [0.4, 0.5) is 10.1 Å². The molecule has 1 aromatic carbocycles. The van der Waals surface area contributed by atoms with E-state index >= 15 is 0 Å². The van der Waals surface area contributed by atoms with Gasteiger partial charge < -0.3 is 4.74 Å². The van der Waals surface area contributed by atoms with Crippen LogP contribution in [-0.4, -0.2) is 43.5 Å². The van der Waals surface area contributed by atoms with Gasteiger partial charge in [0, 0.05) is 31.0 Å². The molecule has 0 aliphatic carbocycles. The van der Waals surface area contributed by atoms with Gasteiger partial charge in [-0.3, -0.25) is 4.90 Å². The Morgan fingerprint density at radius 1 is 1.35 bits per heavy atom. The molecule has 0 aromatic heterocycles. The second-order valence-corrected chi connectivity index (χ2v) is 8.59. The zero-order valence-electron chi connectivity index (χ0n) is 16.3. The number of benzene rings is 1. The average Bonchev–Trinajstić information content (AvgIpc) is 2.60. The van der Waals surface area contributed by atoms with Crippen molar-refractivity contribution in [1.82, 2.24) is 4.90 Å². The third kappa shape index (κ3) is 6.09. The fraction of sp³-hybridized carbons (Fsp3) is 0.526. The monoisotopic (exact) mass is 399 g/mol. The van der Waals surface area contributed by atoms with Crippen LogP contribution in [0.5, 0.6) is 0 Å². The molecule has 4 unspecified atom stereocenters. The number of hydrogen-bond acceptors (Lipinski definition) is 4. The molecule has 7 heteroatoms. The van der Waals surface area contributed by atoms with Gasteiger partial charge in [-0.15, -0.1) is 0 Å². The van der Waals surface area contributed by atoms with Crippen molar-refractivity contribution < 1.29 is 9.13 Å². The highest BCUT2D eigenvalue weighted by Crippen LogP contribution is 2.41. The first-order valence-corrected chi connectivity index (χ1v) is 10.0. The minimum Gasteiger partial charge on any atom is -0.378 e. The van der Waals surface area contributed by atoms with Gasteiger partial charge >= 0.3 is 0 Å². The summed E-state index contributed by atoms with van der Waals surface area (Å²) in [6.07, 6.45) is 0. The van der Waals surface area contributed by atoms with E-state index < -0.39 is 5.15 Å². The third-order valence-corrected chi connectivity index (χ3v) is 4.86. The van der Waals surface area contributed by atoms with Crippen molar-refractivity contribution in [3.63, 3.8) is 0 Å². The summed E-state index contributed by atoms with van der Waals surface area (Å²) in [6.45, 7) is 18.1. The van der Waals surface area contributed by atoms with Gasteiger partial charge in [0.15, 0.2) is 5.15 Å². The standard InChI is InChI=1S/C17H26FN3OP2.C2H6/c1-12(9-20-13(2)10-22-11-14(20)3)21(19-4)16-7-5-6-15(8-16)17(18,23)24;1-2/h5-8,13-14H,1,4,9-11,23-24H2,2-3H3;1-2H3. The number of rotatable bonds is 6. The van der Waals surface area contributed by atoms with Crippen molar-refractivity contribution in [3.8, 4) is 0 Å². The Hall–Kier alpha value is -0.860. The molecule has 0 saturated carbocycles. The Kier molecular flexibility index (Phi) is 9.33. The number of hydrogen-bond donors (Lipinski definition) is 0. The quantitative estimate of drug-likeness (QED) is 0.398. The van der Waals surface area contributed by atoms with E-state index in [1.165, 1.54) is 0 Å². The van der Waals surface area contributed by atoms with Crippen molar-refractivity contribution in [2.45, 2.75) is 44.9 Å². The number of morpholine rings is 1. The second-order valence-electron chi connectivity index (χ2n) is 6.25. The van der Waals surface area contributed by atoms with Gasteiger partial charge in [-0.05, 0) is 31.5 Å². The Balaban J connectivity index is 0.00000163. The Morgan fingerprint density at radius 3 is 2.42 bits per heavy atom. The highest BCUT2D eigenvalue weighted by molar-refractivity contribution is 7.38. The molecule has 1 aliphatic heterocycles. The predicted octanol–water partition coefficient (Wildman–Crippen LogP) is 4.59. The number of alkyl halides is 1. The van der Waals surface area contributed by atoms with E-state index in [4.69, 9.17) is 4.74 Å². The van der Waals surface area contributed by atoms with Crippen LogP contribution in [0, 0.1) is 0 Å². The van der Waals surface area contributed by atoms with Gasteiger partial charge in [-0.25, -0.2) is 9.40 Å². The number of anilines is 1. The van der Waals surface area contributed by atoms with Gasteiger partial charge in [0.2, 0.25) is 0 Å². The van der Waals surface area contributed by atoms with Crippen molar-refractivity contribution in [3.05, 3.63) is 42.1 Å². The first kappa shape index (κ1) is 23.2. The molecule has 0 spiro atoms. The summed E-state index contributed by atoms with van der Waals surface area (Å²) in [5.41, 5.74) is 2.07. The largest absolute Gasteiger partial charge is 0.378 e. The van der Waals surface area contributed by atoms with Gasteiger partial charge in [0.25, 0.3) is 0 Å². The van der Waals surface area contributed by atoms with Crippen LogP contribution in [0.25, 0.3) is 0 Å². The summed E-state index contributed by atoms with van der Waals surface area (Å²) in [6, 6.07) is 7.78. The highest BCUT2D eigenvalue weighted by Gasteiger charge is 2.27. The molecule has 1 saturated heterocycles. The number of nitrogens with zero attached hydrogens (tertiary/aromatic N) is 3. The molecular weight excluding hydrogens is 367 g/mol. The van der Waals surface area contributed by atoms with Crippen molar-refractivity contribution in [2.75, 3.05) is 24.8 Å². The first-order valence-electron chi connectivity index (χ1n) is 8.89. The van der Waals surface area contributed by atoms with E-state index in [2.05, 4.69) is 55.6 Å². The molecule has 1 aromatic rings. The predicted molar refractivity (Wildman–Crippen MR) is 118 cm³/mol. The maximum absolute atomic E-state index is 14.2. The first-order chi connectivity index (χ1) is 12.2. The summed E-state index contributed by atoms with van der Waals surface area (Å²) in [5.74, 6) is 0. The molecule has 0 radical (unpaired) electrons. The van der Waals surface area contributed by atoms with Crippen LogP contribution in [0.2, 0.25) is 0 Å². The molecular formula is C19H32FN3OP2. The summed E-state index contributed by atoms with van der Waals surface area (Å²) in [4.78, 5) is 2.33. The molecule has 26 heavy (non-hydrogen) atoms. The average molecular weight is 399 g/mol. The van der Waals surface area contributed by atoms with Gasteiger partial charge in [-0.2, -0.15) is 5.10 Å². The molecule has 146 valence electrons. The fourth-order valence-corrected chi connectivity index (χ4v) is 3.22. The van der Waals surface area contributed by atoms with Gasteiger partial charge in [0.1, 0.15) is 0 Å². The molecule has 0 N–H and O–H groups in total. The van der Waals surface area contributed by atoms with Crippen molar-refractivity contribution in [1.29, 1.82) is 0 Å². The van der Waals surface area contributed by atoms with E-state index in [0.717, 1.165) is 11.4 Å². The van der Waals surface area contributed by atoms with E-state index in [-0.39, 0.29) is 0 Å². The van der Waals surface area contributed by atoms with E-state index in [9.17, 15) is 4.39 Å². The smallest absolute Gasteiger partial charge is 0.160 e. The molecule has 4 nitrogen and oxygen atoms in total. The van der Waals surface area contributed by atoms with Crippen LogP contribution >= 0.6 is 18.5 Å². The second kappa shape index (κ2) is 10.5. The number of hydrazone groups is 1. The van der Waals surface area contributed by atoms with E-state index in [1.54, 1.807) is 23.2 Å².